The molecular formula is C24H22N2O5. The molecule has 2 heterocycles. The average Bonchev–Trinajstić information content (AvgIpc) is 3.28. The third-order valence-corrected chi connectivity index (χ3v) is 5.54. The number of benzene rings is 3. The van der Waals surface area contributed by atoms with Gasteiger partial charge >= 0.3 is 0 Å². The van der Waals surface area contributed by atoms with E-state index >= 15 is 0 Å². The lowest BCUT2D eigenvalue weighted by Gasteiger charge is -2.38. The molecule has 0 aliphatic carbocycles. The van der Waals surface area contributed by atoms with Crippen molar-refractivity contribution in [1.29, 1.82) is 0 Å². The molecule has 0 bridgehead atoms. The predicted octanol–water partition coefficient (Wildman–Crippen LogP) is 4.20. The molecule has 31 heavy (non-hydrogen) atoms. The highest BCUT2D eigenvalue weighted by Gasteiger charge is 2.33. The zero-order chi connectivity index (χ0) is 21.4. The molecule has 0 saturated heterocycles. The first kappa shape index (κ1) is 19.1. The maximum atomic E-state index is 13.5. The number of para-hydroxylation sites is 1. The zero-order valence-electron chi connectivity index (χ0n) is 17.3. The molecule has 0 spiro atoms. The van der Waals surface area contributed by atoms with Crippen molar-refractivity contribution in [2.75, 3.05) is 26.3 Å². The topological polar surface area (TPSA) is 69.3 Å². The number of nitrogens with zero attached hydrogens (tertiary/aromatic N) is 1. The fourth-order valence-electron chi connectivity index (χ4n) is 3.98. The van der Waals surface area contributed by atoms with Crippen LogP contribution in [0, 0.1) is 0 Å². The van der Waals surface area contributed by atoms with Gasteiger partial charge in [0.2, 0.25) is 6.79 Å². The molecule has 3 aromatic rings. The maximum absolute atomic E-state index is 13.5. The Morgan fingerprint density at radius 2 is 1.77 bits per heavy atom. The Morgan fingerprint density at radius 1 is 0.968 bits per heavy atom. The molecule has 0 unspecified atom stereocenters. The van der Waals surface area contributed by atoms with E-state index in [2.05, 4.69) is 5.32 Å². The number of hydrogen-bond donors (Lipinski definition) is 1. The van der Waals surface area contributed by atoms with Crippen LogP contribution in [0.4, 0.5) is 5.69 Å². The highest BCUT2D eigenvalue weighted by atomic mass is 16.7. The summed E-state index contributed by atoms with van der Waals surface area (Å²) in [6, 6.07) is 19.0. The Labute approximate surface area is 180 Å². The first-order valence-corrected chi connectivity index (χ1v) is 9.95. The summed E-state index contributed by atoms with van der Waals surface area (Å²) in [7, 11) is 3.20. The normalized spacial score (nSPS) is 16.5. The molecule has 0 saturated carbocycles. The molecule has 0 fully saturated rings. The molecule has 2 aliphatic heterocycles. The third kappa shape index (κ3) is 3.38. The monoisotopic (exact) mass is 418 g/mol. The minimum Gasteiger partial charge on any atom is -0.493 e. The second-order valence-corrected chi connectivity index (χ2v) is 7.33. The molecule has 0 radical (unpaired) electrons. The zero-order valence-corrected chi connectivity index (χ0v) is 17.3. The SMILES string of the molecule is COc1ccc([C@H]2Nc3ccccc3C(=O)N2Cc2ccc3c(c2)OCO3)cc1OC. The molecule has 1 N–H and O–H groups in total. The Hall–Kier alpha value is -3.87. The second kappa shape index (κ2) is 7.75. The molecule has 0 aromatic heterocycles. The van der Waals surface area contributed by atoms with E-state index in [0.29, 0.717) is 35.1 Å². The standard InChI is InChI=1S/C24H22N2O5/c1-28-19-10-8-16(12-21(19)29-2)23-25-18-6-4-3-5-17(18)24(27)26(23)13-15-7-9-20-22(11-15)31-14-30-20/h3-12,23,25H,13-14H2,1-2H3/t23-/m0/s1. The van der Waals surface area contributed by atoms with E-state index in [9.17, 15) is 4.79 Å². The van der Waals surface area contributed by atoms with Crippen molar-refractivity contribution >= 4 is 11.6 Å². The number of fused-ring (bicyclic) bond motifs is 2. The van der Waals surface area contributed by atoms with Crippen LogP contribution in [-0.4, -0.2) is 31.8 Å². The maximum Gasteiger partial charge on any atom is 0.258 e. The van der Waals surface area contributed by atoms with Gasteiger partial charge in [-0.25, -0.2) is 0 Å². The first-order valence-electron chi connectivity index (χ1n) is 9.95. The Kier molecular flexibility index (Phi) is 4.78. The fourth-order valence-corrected chi connectivity index (χ4v) is 3.98. The summed E-state index contributed by atoms with van der Waals surface area (Å²) >= 11 is 0. The minimum atomic E-state index is -0.382. The van der Waals surface area contributed by atoms with Gasteiger partial charge in [0, 0.05) is 12.2 Å². The average molecular weight is 418 g/mol. The molecule has 7 nitrogen and oxygen atoms in total. The summed E-state index contributed by atoms with van der Waals surface area (Å²) in [5, 5.41) is 3.51. The van der Waals surface area contributed by atoms with Crippen molar-refractivity contribution in [2.24, 2.45) is 0 Å². The molecule has 3 aromatic carbocycles. The van der Waals surface area contributed by atoms with Crippen LogP contribution in [0.15, 0.2) is 60.7 Å². The van der Waals surface area contributed by atoms with Crippen LogP contribution in [0.25, 0.3) is 0 Å². The molecule has 5 rings (SSSR count). The number of nitrogens with one attached hydrogen (secondary N) is 1. The largest absolute Gasteiger partial charge is 0.493 e. The van der Waals surface area contributed by atoms with Gasteiger partial charge in [-0.3, -0.25) is 4.79 Å². The van der Waals surface area contributed by atoms with Crippen LogP contribution in [0.2, 0.25) is 0 Å². The number of carbonyl (C=O) groups is 1. The Bertz CT molecular complexity index is 1150. The molecule has 1 amide bonds. The lowest BCUT2D eigenvalue weighted by molar-refractivity contribution is 0.0666. The number of amides is 1. The first-order chi connectivity index (χ1) is 15.2. The van der Waals surface area contributed by atoms with Gasteiger partial charge in [-0.2, -0.15) is 0 Å². The van der Waals surface area contributed by atoms with Gasteiger partial charge in [0.1, 0.15) is 6.17 Å². The van der Waals surface area contributed by atoms with Gasteiger partial charge in [0.15, 0.2) is 23.0 Å². The number of rotatable bonds is 5. The van der Waals surface area contributed by atoms with Crippen LogP contribution in [0.3, 0.4) is 0 Å². The van der Waals surface area contributed by atoms with Crippen LogP contribution in [0.5, 0.6) is 23.0 Å². The summed E-state index contributed by atoms with van der Waals surface area (Å²) in [5.41, 5.74) is 3.28. The second-order valence-electron chi connectivity index (χ2n) is 7.33. The lowest BCUT2D eigenvalue weighted by Crippen LogP contribution is -2.42. The van der Waals surface area contributed by atoms with E-state index in [4.69, 9.17) is 18.9 Å². The summed E-state index contributed by atoms with van der Waals surface area (Å²) < 4.78 is 21.8. The van der Waals surface area contributed by atoms with Crippen LogP contribution >= 0.6 is 0 Å². The van der Waals surface area contributed by atoms with Crippen molar-refractivity contribution in [2.45, 2.75) is 12.7 Å². The van der Waals surface area contributed by atoms with Crippen molar-refractivity contribution in [3.8, 4) is 23.0 Å². The molecule has 158 valence electrons. The number of methoxy groups -OCH3 is 2. The van der Waals surface area contributed by atoms with Crippen molar-refractivity contribution < 1.29 is 23.7 Å². The van der Waals surface area contributed by atoms with E-state index in [0.717, 1.165) is 16.8 Å². The summed E-state index contributed by atoms with van der Waals surface area (Å²) in [4.78, 5) is 15.3. The van der Waals surface area contributed by atoms with E-state index in [1.165, 1.54) is 0 Å². The van der Waals surface area contributed by atoms with Gasteiger partial charge in [0.25, 0.3) is 5.91 Å². The summed E-state index contributed by atoms with van der Waals surface area (Å²) in [5.74, 6) is 2.60. The molecule has 7 heteroatoms. The summed E-state index contributed by atoms with van der Waals surface area (Å²) in [6.45, 7) is 0.612. The van der Waals surface area contributed by atoms with Gasteiger partial charge in [-0.1, -0.05) is 24.3 Å². The van der Waals surface area contributed by atoms with Crippen molar-refractivity contribution in [3.05, 3.63) is 77.4 Å². The quantitative estimate of drug-likeness (QED) is 0.670. The number of carbonyl (C=O) groups excluding carboxylic acids is 1. The number of hydrogen-bond acceptors (Lipinski definition) is 6. The fraction of sp³-hybridized carbons (Fsp3) is 0.208. The van der Waals surface area contributed by atoms with Crippen LogP contribution in [-0.2, 0) is 6.54 Å². The highest BCUT2D eigenvalue weighted by Crippen LogP contribution is 2.39. The van der Waals surface area contributed by atoms with E-state index in [1.54, 1.807) is 19.1 Å². The molecule has 2 aliphatic rings. The van der Waals surface area contributed by atoms with Crippen LogP contribution in [0.1, 0.15) is 27.7 Å². The third-order valence-electron chi connectivity index (χ3n) is 5.54. The molecular weight excluding hydrogens is 396 g/mol. The van der Waals surface area contributed by atoms with Gasteiger partial charge < -0.3 is 29.2 Å². The van der Waals surface area contributed by atoms with E-state index in [-0.39, 0.29) is 18.9 Å². The predicted molar refractivity (Wildman–Crippen MR) is 115 cm³/mol. The Morgan fingerprint density at radius 3 is 2.61 bits per heavy atom. The van der Waals surface area contributed by atoms with Crippen molar-refractivity contribution in [1.82, 2.24) is 4.90 Å². The number of anilines is 1. The lowest BCUT2D eigenvalue weighted by atomic mass is 10.0. The van der Waals surface area contributed by atoms with Gasteiger partial charge in [-0.05, 0) is 47.5 Å². The highest BCUT2D eigenvalue weighted by molar-refractivity contribution is 6.01. The molecule has 1 atom stereocenters. The van der Waals surface area contributed by atoms with E-state index in [1.807, 2.05) is 60.7 Å². The van der Waals surface area contributed by atoms with Crippen LogP contribution < -0.4 is 24.3 Å². The summed E-state index contributed by atoms with van der Waals surface area (Å²) in [6.07, 6.45) is -0.382. The number of ether oxygens (including phenoxy) is 4. The minimum absolute atomic E-state index is 0.0493. The van der Waals surface area contributed by atoms with Gasteiger partial charge in [0.05, 0.1) is 19.8 Å². The van der Waals surface area contributed by atoms with Gasteiger partial charge in [-0.15, -0.1) is 0 Å². The Balaban J connectivity index is 1.55. The van der Waals surface area contributed by atoms with E-state index < -0.39 is 0 Å². The van der Waals surface area contributed by atoms with Crippen molar-refractivity contribution in [3.63, 3.8) is 0 Å². The smallest absolute Gasteiger partial charge is 0.258 e.